The van der Waals surface area contributed by atoms with Crippen molar-refractivity contribution in [2.45, 2.75) is 51.6 Å². The third-order valence-electron chi connectivity index (χ3n) is 2.91. The van der Waals surface area contributed by atoms with Crippen LogP contribution < -0.4 is 4.74 Å². The molecule has 0 spiro atoms. The van der Waals surface area contributed by atoms with E-state index in [9.17, 15) is 0 Å². The highest BCUT2D eigenvalue weighted by Gasteiger charge is 2.25. The topological polar surface area (TPSA) is 51.6 Å². The Balaban J connectivity index is 1.99. The molecule has 1 aliphatic rings. The van der Waals surface area contributed by atoms with Crippen LogP contribution in [0.3, 0.4) is 0 Å². The van der Waals surface area contributed by atoms with Gasteiger partial charge in [-0.2, -0.15) is 0 Å². The quantitative estimate of drug-likeness (QED) is 0.872. The van der Waals surface area contributed by atoms with Gasteiger partial charge in [0.25, 0.3) is 0 Å². The van der Waals surface area contributed by atoms with E-state index in [1.54, 1.807) is 12.3 Å². The molecule has 17 heavy (non-hydrogen) atoms. The standard InChI is InChI=1S/C13H19NO3/c1-9-5-13(6-10(2)16-9)17-12-3-4-14-11(7-12)8-15/h3-4,7,9-10,13,15H,5-6,8H2,1-2H3. The van der Waals surface area contributed by atoms with Gasteiger partial charge in [-0.25, -0.2) is 0 Å². The number of hydrogen-bond acceptors (Lipinski definition) is 4. The number of aliphatic hydroxyl groups excluding tert-OH is 1. The van der Waals surface area contributed by atoms with E-state index >= 15 is 0 Å². The van der Waals surface area contributed by atoms with Gasteiger partial charge in [-0.3, -0.25) is 4.98 Å². The van der Waals surface area contributed by atoms with Crippen LogP contribution in [0.4, 0.5) is 0 Å². The molecule has 4 nitrogen and oxygen atoms in total. The van der Waals surface area contributed by atoms with E-state index in [2.05, 4.69) is 18.8 Å². The Bertz CT molecular complexity index is 359. The van der Waals surface area contributed by atoms with E-state index in [-0.39, 0.29) is 24.9 Å². The second-order valence-corrected chi connectivity index (χ2v) is 4.61. The van der Waals surface area contributed by atoms with Crippen LogP contribution >= 0.6 is 0 Å². The van der Waals surface area contributed by atoms with Crippen molar-refractivity contribution < 1.29 is 14.6 Å². The Hall–Kier alpha value is -1.13. The molecule has 1 aliphatic heterocycles. The van der Waals surface area contributed by atoms with Gasteiger partial charge in [0.1, 0.15) is 11.9 Å². The van der Waals surface area contributed by atoms with Gasteiger partial charge in [-0.05, 0) is 19.9 Å². The lowest BCUT2D eigenvalue weighted by molar-refractivity contribution is -0.0721. The lowest BCUT2D eigenvalue weighted by Gasteiger charge is -2.32. The molecule has 2 heterocycles. The minimum absolute atomic E-state index is 0.0578. The van der Waals surface area contributed by atoms with Gasteiger partial charge < -0.3 is 14.6 Å². The molecule has 94 valence electrons. The number of aromatic nitrogens is 1. The van der Waals surface area contributed by atoms with Crippen molar-refractivity contribution in [1.82, 2.24) is 4.98 Å². The molecule has 0 bridgehead atoms. The number of pyridine rings is 1. The summed E-state index contributed by atoms with van der Waals surface area (Å²) in [4.78, 5) is 4.03. The van der Waals surface area contributed by atoms with Crippen molar-refractivity contribution in [2.75, 3.05) is 0 Å². The summed E-state index contributed by atoms with van der Waals surface area (Å²) in [5, 5.41) is 9.01. The van der Waals surface area contributed by atoms with Crippen LogP contribution in [-0.2, 0) is 11.3 Å². The predicted molar refractivity (Wildman–Crippen MR) is 63.8 cm³/mol. The molecule has 1 fully saturated rings. The second-order valence-electron chi connectivity index (χ2n) is 4.61. The van der Waals surface area contributed by atoms with Gasteiger partial charge in [0.2, 0.25) is 0 Å². The molecular formula is C13H19NO3. The molecule has 0 aromatic carbocycles. The molecule has 2 atom stereocenters. The largest absolute Gasteiger partial charge is 0.490 e. The van der Waals surface area contributed by atoms with Crippen molar-refractivity contribution in [3.8, 4) is 5.75 Å². The molecule has 1 N–H and O–H groups in total. The Labute approximate surface area is 102 Å². The van der Waals surface area contributed by atoms with Crippen molar-refractivity contribution in [3.63, 3.8) is 0 Å². The third-order valence-corrected chi connectivity index (χ3v) is 2.91. The molecule has 1 saturated heterocycles. The number of nitrogens with zero attached hydrogens (tertiary/aromatic N) is 1. The molecular weight excluding hydrogens is 218 g/mol. The summed E-state index contributed by atoms with van der Waals surface area (Å²) >= 11 is 0. The van der Waals surface area contributed by atoms with E-state index in [4.69, 9.17) is 14.6 Å². The first kappa shape index (κ1) is 12.3. The van der Waals surface area contributed by atoms with Gasteiger partial charge in [0, 0.05) is 25.1 Å². The second kappa shape index (κ2) is 5.47. The number of ether oxygens (including phenoxy) is 2. The molecule has 2 rings (SSSR count). The fraction of sp³-hybridized carbons (Fsp3) is 0.615. The molecule has 2 unspecified atom stereocenters. The average molecular weight is 237 g/mol. The Morgan fingerprint density at radius 1 is 1.41 bits per heavy atom. The van der Waals surface area contributed by atoms with Crippen LogP contribution in [0.25, 0.3) is 0 Å². The van der Waals surface area contributed by atoms with Crippen molar-refractivity contribution in [2.24, 2.45) is 0 Å². The van der Waals surface area contributed by atoms with Gasteiger partial charge in [0.05, 0.1) is 24.5 Å². The number of aliphatic hydroxyl groups is 1. The maximum atomic E-state index is 9.01. The first-order valence-electron chi connectivity index (χ1n) is 6.05. The SMILES string of the molecule is CC1CC(Oc2ccnc(CO)c2)CC(C)O1. The first-order valence-corrected chi connectivity index (χ1v) is 6.05. The lowest BCUT2D eigenvalue weighted by Crippen LogP contribution is -2.35. The van der Waals surface area contributed by atoms with Crippen LogP contribution in [0.1, 0.15) is 32.4 Å². The Morgan fingerprint density at radius 3 is 2.76 bits per heavy atom. The zero-order chi connectivity index (χ0) is 12.3. The minimum Gasteiger partial charge on any atom is -0.490 e. The summed E-state index contributed by atoms with van der Waals surface area (Å²) in [6.45, 7) is 4.08. The molecule has 4 heteroatoms. The van der Waals surface area contributed by atoms with E-state index in [0.29, 0.717) is 5.69 Å². The van der Waals surface area contributed by atoms with Crippen molar-refractivity contribution in [3.05, 3.63) is 24.0 Å². The third kappa shape index (κ3) is 3.41. The number of rotatable bonds is 3. The summed E-state index contributed by atoms with van der Waals surface area (Å²) < 4.78 is 11.6. The predicted octanol–water partition coefficient (Wildman–Crippen LogP) is 1.91. The highest BCUT2D eigenvalue weighted by atomic mass is 16.5. The summed E-state index contributed by atoms with van der Waals surface area (Å²) in [6.07, 6.45) is 4.13. The fourth-order valence-electron chi connectivity index (χ4n) is 2.25. The summed E-state index contributed by atoms with van der Waals surface area (Å²) in [5.41, 5.74) is 0.635. The van der Waals surface area contributed by atoms with Crippen molar-refractivity contribution in [1.29, 1.82) is 0 Å². The Morgan fingerprint density at radius 2 is 2.12 bits per heavy atom. The normalized spacial score (nSPS) is 29.0. The van der Waals surface area contributed by atoms with Gasteiger partial charge in [0.15, 0.2) is 0 Å². The summed E-state index contributed by atoms with van der Waals surface area (Å²) in [7, 11) is 0. The monoisotopic (exact) mass is 237 g/mol. The van der Waals surface area contributed by atoms with E-state index in [0.717, 1.165) is 18.6 Å². The van der Waals surface area contributed by atoms with E-state index < -0.39 is 0 Å². The molecule has 1 aromatic heterocycles. The van der Waals surface area contributed by atoms with Gasteiger partial charge in [-0.1, -0.05) is 0 Å². The van der Waals surface area contributed by atoms with Crippen LogP contribution in [0, 0.1) is 0 Å². The zero-order valence-electron chi connectivity index (χ0n) is 10.3. The van der Waals surface area contributed by atoms with Crippen LogP contribution in [0.5, 0.6) is 5.75 Å². The lowest BCUT2D eigenvalue weighted by atomic mass is 10.0. The maximum Gasteiger partial charge on any atom is 0.123 e. The van der Waals surface area contributed by atoms with Crippen molar-refractivity contribution >= 4 is 0 Å². The minimum atomic E-state index is -0.0578. The molecule has 0 amide bonds. The molecule has 0 saturated carbocycles. The number of hydrogen-bond donors (Lipinski definition) is 1. The molecule has 1 aromatic rings. The molecule has 0 aliphatic carbocycles. The fourth-order valence-corrected chi connectivity index (χ4v) is 2.25. The van der Waals surface area contributed by atoms with Gasteiger partial charge in [-0.15, -0.1) is 0 Å². The van der Waals surface area contributed by atoms with E-state index in [1.807, 2.05) is 6.07 Å². The van der Waals surface area contributed by atoms with Crippen LogP contribution in [-0.4, -0.2) is 28.4 Å². The summed E-state index contributed by atoms with van der Waals surface area (Å²) in [5.74, 6) is 0.773. The van der Waals surface area contributed by atoms with Gasteiger partial charge >= 0.3 is 0 Å². The average Bonchev–Trinajstić information content (AvgIpc) is 2.28. The zero-order valence-corrected chi connectivity index (χ0v) is 10.3. The highest BCUT2D eigenvalue weighted by molar-refractivity contribution is 5.22. The molecule has 0 radical (unpaired) electrons. The smallest absolute Gasteiger partial charge is 0.123 e. The highest BCUT2D eigenvalue weighted by Crippen LogP contribution is 2.24. The van der Waals surface area contributed by atoms with E-state index in [1.165, 1.54) is 0 Å². The van der Waals surface area contributed by atoms with Crippen LogP contribution in [0.15, 0.2) is 18.3 Å². The maximum absolute atomic E-state index is 9.01. The Kier molecular flexibility index (Phi) is 3.97. The summed E-state index contributed by atoms with van der Waals surface area (Å²) in [6, 6.07) is 3.61. The van der Waals surface area contributed by atoms with Crippen LogP contribution in [0.2, 0.25) is 0 Å². The first-order chi connectivity index (χ1) is 8.17.